The van der Waals surface area contributed by atoms with Gasteiger partial charge in [0.25, 0.3) is 0 Å². The first-order chi connectivity index (χ1) is 48.8. The van der Waals surface area contributed by atoms with Crippen LogP contribution in [0.25, 0.3) is 0 Å². The normalized spacial score (nSPS) is 14.2. The second kappa shape index (κ2) is 72.3. The second-order valence-electron chi connectivity index (χ2n) is 30.7. The van der Waals surface area contributed by atoms with Gasteiger partial charge in [0.2, 0.25) is 0 Å². The van der Waals surface area contributed by atoms with Crippen LogP contribution in [-0.4, -0.2) is 96.7 Å². The molecule has 0 heterocycles. The van der Waals surface area contributed by atoms with Gasteiger partial charge in [-0.1, -0.05) is 376 Å². The summed E-state index contributed by atoms with van der Waals surface area (Å²) < 4.78 is 68.8. The molecule has 0 aromatic heterocycles. The van der Waals surface area contributed by atoms with Gasteiger partial charge in [0.1, 0.15) is 19.3 Å². The number of aliphatic hydroxyl groups is 1. The van der Waals surface area contributed by atoms with E-state index in [0.717, 1.165) is 108 Å². The fraction of sp³-hybridized carbons (Fsp3) is 0.951. The molecule has 0 radical (unpaired) electrons. The number of carbonyl (C=O) groups excluding carboxylic acids is 4. The van der Waals surface area contributed by atoms with Gasteiger partial charge in [-0.05, 0) is 43.4 Å². The van der Waals surface area contributed by atoms with Crippen LogP contribution < -0.4 is 0 Å². The highest BCUT2D eigenvalue weighted by atomic mass is 31.2. The Bertz CT molecular complexity index is 1960. The summed E-state index contributed by atoms with van der Waals surface area (Å²) >= 11 is 0. The zero-order valence-electron chi connectivity index (χ0n) is 66.4. The van der Waals surface area contributed by atoms with E-state index in [1.54, 1.807) is 0 Å². The van der Waals surface area contributed by atoms with Crippen molar-refractivity contribution < 1.29 is 80.2 Å². The lowest BCUT2D eigenvalue weighted by Crippen LogP contribution is -2.30. The first-order valence-corrected chi connectivity index (χ1v) is 45.4. The van der Waals surface area contributed by atoms with Gasteiger partial charge in [0, 0.05) is 25.7 Å². The van der Waals surface area contributed by atoms with E-state index in [0.29, 0.717) is 25.7 Å². The molecule has 19 heteroatoms. The number of hydrogen-bond acceptors (Lipinski definition) is 15. The Labute approximate surface area is 619 Å². The number of phosphoric acid groups is 2. The second-order valence-corrected chi connectivity index (χ2v) is 33.6. The van der Waals surface area contributed by atoms with Gasteiger partial charge in [-0.25, -0.2) is 9.13 Å². The largest absolute Gasteiger partial charge is 0.472 e. The Hall–Kier alpha value is -1.94. The summed E-state index contributed by atoms with van der Waals surface area (Å²) in [5.41, 5.74) is 0. The van der Waals surface area contributed by atoms with Crippen molar-refractivity contribution in [3.8, 4) is 0 Å². The van der Waals surface area contributed by atoms with Gasteiger partial charge in [-0.2, -0.15) is 0 Å². The maximum Gasteiger partial charge on any atom is 0.472 e. The van der Waals surface area contributed by atoms with E-state index >= 15 is 0 Å². The first-order valence-electron chi connectivity index (χ1n) is 42.4. The Morgan fingerprint density at radius 2 is 0.505 bits per heavy atom. The lowest BCUT2D eigenvalue weighted by atomic mass is 9.99. The average Bonchev–Trinajstić information content (AvgIpc) is 1.12. The molecule has 0 amide bonds. The molecule has 0 spiro atoms. The van der Waals surface area contributed by atoms with Gasteiger partial charge in [0.05, 0.1) is 26.4 Å². The highest BCUT2D eigenvalue weighted by molar-refractivity contribution is 7.47. The Balaban J connectivity index is 5.27. The van der Waals surface area contributed by atoms with E-state index in [9.17, 15) is 43.2 Å². The zero-order chi connectivity index (χ0) is 74.4. The highest BCUT2D eigenvalue weighted by Gasteiger charge is 2.30. The van der Waals surface area contributed by atoms with Crippen LogP contribution in [0.5, 0.6) is 0 Å². The number of phosphoric ester groups is 2. The van der Waals surface area contributed by atoms with Gasteiger partial charge in [-0.15, -0.1) is 0 Å². The first kappa shape index (κ1) is 99.1. The molecule has 0 saturated heterocycles. The number of aliphatic hydroxyl groups excluding tert-OH is 1. The maximum absolute atomic E-state index is 13.1. The minimum Gasteiger partial charge on any atom is -0.462 e. The number of carbonyl (C=O) groups is 4. The molecule has 6 atom stereocenters. The minimum atomic E-state index is -4.96. The van der Waals surface area contributed by atoms with Crippen molar-refractivity contribution in [2.75, 3.05) is 39.6 Å². The van der Waals surface area contributed by atoms with Gasteiger partial charge in [-0.3, -0.25) is 37.3 Å². The number of unbranched alkanes of at least 4 members (excludes halogenated alkanes) is 47. The van der Waals surface area contributed by atoms with Crippen LogP contribution in [0.1, 0.15) is 427 Å². The molecule has 0 aromatic rings. The molecule has 0 aliphatic carbocycles. The van der Waals surface area contributed by atoms with E-state index in [1.165, 1.54) is 238 Å². The zero-order valence-corrected chi connectivity index (χ0v) is 68.2. The maximum atomic E-state index is 13.1. The predicted molar refractivity (Wildman–Crippen MR) is 414 cm³/mol. The van der Waals surface area contributed by atoms with Crippen LogP contribution in [0.15, 0.2) is 0 Å². The SMILES string of the molecule is CCCCCCCCCCCCCCCCCCC(=O)OC[C@H](COP(=O)(O)OC[C@@H](O)COP(=O)(O)OC[C@@H](COC(=O)CCCCCCCCCCCCC(C)C)OC(=O)CCCCCCCCCCCCC(C)CC)OC(=O)CCCCCCCCCCCCCCCCCC(C)C. The van der Waals surface area contributed by atoms with E-state index in [2.05, 4.69) is 48.5 Å². The molecule has 0 aromatic carbocycles. The van der Waals surface area contributed by atoms with Crippen LogP contribution in [0, 0.1) is 17.8 Å². The van der Waals surface area contributed by atoms with Crippen molar-refractivity contribution in [3.63, 3.8) is 0 Å². The third-order valence-electron chi connectivity index (χ3n) is 19.5. The number of hydrogen-bond donors (Lipinski definition) is 3. The summed E-state index contributed by atoms with van der Waals surface area (Å²) in [7, 11) is -9.92. The van der Waals surface area contributed by atoms with Crippen LogP contribution >= 0.6 is 15.6 Å². The van der Waals surface area contributed by atoms with Crippen molar-refractivity contribution in [2.24, 2.45) is 17.8 Å². The highest BCUT2D eigenvalue weighted by Crippen LogP contribution is 2.45. The fourth-order valence-corrected chi connectivity index (χ4v) is 14.2. The molecule has 0 rings (SSSR count). The molecule has 0 saturated carbocycles. The van der Waals surface area contributed by atoms with Crippen LogP contribution in [0.3, 0.4) is 0 Å². The Morgan fingerprint density at radius 1 is 0.287 bits per heavy atom. The third-order valence-corrected chi connectivity index (χ3v) is 21.4. The molecule has 3 unspecified atom stereocenters. The van der Waals surface area contributed by atoms with E-state index < -0.39 is 97.5 Å². The summed E-state index contributed by atoms with van der Waals surface area (Å²) in [6, 6.07) is 0. The van der Waals surface area contributed by atoms with Crippen molar-refractivity contribution >= 4 is 39.5 Å². The number of rotatable bonds is 80. The van der Waals surface area contributed by atoms with Crippen molar-refractivity contribution in [2.45, 2.75) is 446 Å². The summed E-state index contributed by atoms with van der Waals surface area (Å²) in [5, 5.41) is 10.7. The van der Waals surface area contributed by atoms with Crippen LogP contribution in [-0.2, 0) is 65.4 Å². The average molecular weight is 1480 g/mol. The van der Waals surface area contributed by atoms with E-state index in [1.807, 2.05) is 0 Å². The van der Waals surface area contributed by atoms with Gasteiger partial charge < -0.3 is 33.8 Å². The monoisotopic (exact) mass is 1480 g/mol. The summed E-state index contributed by atoms with van der Waals surface area (Å²) in [6.07, 6.45) is 60.9. The smallest absolute Gasteiger partial charge is 0.462 e. The number of ether oxygens (including phenoxy) is 4. The lowest BCUT2D eigenvalue weighted by molar-refractivity contribution is -0.161. The van der Waals surface area contributed by atoms with E-state index in [4.69, 9.17) is 37.0 Å². The molecule has 0 aliphatic rings. The molecule has 0 bridgehead atoms. The van der Waals surface area contributed by atoms with Crippen molar-refractivity contribution in [1.29, 1.82) is 0 Å². The van der Waals surface area contributed by atoms with Gasteiger partial charge >= 0.3 is 39.5 Å². The predicted octanol–water partition coefficient (Wildman–Crippen LogP) is 24.5. The standard InChI is InChI=1S/C82H160O17P2/c1-8-10-11-12-13-14-15-16-17-20-23-26-35-42-49-56-63-79(84)92-69-77(98-81(86)65-58-51-44-37-27-24-21-18-19-22-25-32-39-46-53-60-73(3)4)71-96-100(88,89)94-67-76(83)68-95-101(90,91)97-72-78(70-93-80(85)64-57-50-43-36-30-28-33-40-47-54-61-74(5)6)99-82(87)66-59-52-45-38-31-29-34-41-48-55-62-75(7)9-2/h73-78,83H,8-72H2,1-7H3,(H,88,89)(H,90,91)/t75?,76-,77-,78-/m1/s1. The molecule has 0 aliphatic heterocycles. The molecule has 0 fully saturated rings. The van der Waals surface area contributed by atoms with Crippen molar-refractivity contribution in [3.05, 3.63) is 0 Å². The summed E-state index contributed by atoms with van der Waals surface area (Å²) in [6.45, 7) is 12.0. The van der Waals surface area contributed by atoms with Gasteiger partial charge in [0.15, 0.2) is 12.2 Å². The van der Waals surface area contributed by atoms with Crippen molar-refractivity contribution in [1.82, 2.24) is 0 Å². The molecular formula is C82H160O17P2. The molecule has 17 nitrogen and oxygen atoms in total. The Morgan fingerprint density at radius 3 is 0.752 bits per heavy atom. The minimum absolute atomic E-state index is 0.106. The fourth-order valence-electron chi connectivity index (χ4n) is 12.6. The molecular weight excluding hydrogens is 1320 g/mol. The number of esters is 4. The summed E-state index contributed by atoms with van der Waals surface area (Å²) in [4.78, 5) is 73.1. The summed E-state index contributed by atoms with van der Waals surface area (Å²) in [5.74, 6) is 0.256. The molecule has 600 valence electrons. The molecule has 3 N–H and O–H groups in total. The molecule has 101 heavy (non-hydrogen) atoms. The third kappa shape index (κ3) is 74.7. The van der Waals surface area contributed by atoms with Crippen LogP contribution in [0.2, 0.25) is 0 Å². The van der Waals surface area contributed by atoms with Crippen LogP contribution in [0.4, 0.5) is 0 Å². The quantitative estimate of drug-likeness (QED) is 0.0222. The Kier molecular flexibility index (Phi) is 70.9. The lowest BCUT2D eigenvalue weighted by Gasteiger charge is -2.21. The van der Waals surface area contributed by atoms with E-state index in [-0.39, 0.29) is 25.7 Å². The topological polar surface area (TPSA) is 237 Å².